The van der Waals surface area contributed by atoms with Gasteiger partial charge in [0.2, 0.25) is 0 Å². The fourth-order valence-corrected chi connectivity index (χ4v) is 5.24. The minimum Gasteiger partial charge on any atom is -0.374 e. The molecule has 4 nitrogen and oxygen atoms in total. The summed E-state index contributed by atoms with van der Waals surface area (Å²) in [5.41, 5.74) is 2.42. The van der Waals surface area contributed by atoms with Crippen molar-refractivity contribution in [1.29, 1.82) is 0 Å². The van der Waals surface area contributed by atoms with E-state index in [0.717, 1.165) is 26.0 Å². The molecule has 0 heterocycles. The van der Waals surface area contributed by atoms with Crippen LogP contribution in [0.25, 0.3) is 0 Å². The van der Waals surface area contributed by atoms with Gasteiger partial charge in [0.25, 0.3) is 0 Å². The minimum absolute atomic E-state index is 0.0206. The van der Waals surface area contributed by atoms with Crippen LogP contribution in [0.2, 0.25) is 0 Å². The van der Waals surface area contributed by atoms with Crippen LogP contribution in [0.15, 0.2) is 60.7 Å². The van der Waals surface area contributed by atoms with Gasteiger partial charge in [0.05, 0.1) is 31.5 Å². The molecule has 200 valence electrons. The molecule has 0 bridgehead atoms. The number of benzene rings is 2. The van der Waals surface area contributed by atoms with Gasteiger partial charge < -0.3 is 14.2 Å². The van der Waals surface area contributed by atoms with Gasteiger partial charge in [-0.05, 0) is 37.6 Å². The number of hydrogen-bond donors (Lipinski definition) is 0. The maximum atomic E-state index is 6.66. The first-order valence-electron chi connectivity index (χ1n) is 14.4. The van der Waals surface area contributed by atoms with Crippen LogP contribution in [0.3, 0.4) is 0 Å². The van der Waals surface area contributed by atoms with E-state index in [2.05, 4.69) is 86.5 Å². The van der Waals surface area contributed by atoms with Crippen molar-refractivity contribution in [3.05, 3.63) is 71.8 Å². The van der Waals surface area contributed by atoms with Crippen LogP contribution in [0.5, 0.6) is 0 Å². The second-order valence-corrected chi connectivity index (χ2v) is 10.3. The second-order valence-electron chi connectivity index (χ2n) is 10.3. The second kappa shape index (κ2) is 16.9. The third kappa shape index (κ3) is 9.63. The summed E-state index contributed by atoms with van der Waals surface area (Å²) in [6.45, 7) is 7.62. The molecule has 0 N–H and O–H groups in total. The molecule has 4 unspecified atom stereocenters. The zero-order chi connectivity index (χ0) is 25.4. The molecule has 0 spiro atoms. The Morgan fingerprint density at radius 1 is 0.667 bits per heavy atom. The summed E-state index contributed by atoms with van der Waals surface area (Å²) in [6.07, 6.45) is 10.9. The number of unbranched alkanes of at least 4 members (excludes halogenated alkanes) is 6. The third-order valence-electron chi connectivity index (χ3n) is 7.34. The topological polar surface area (TPSA) is 30.9 Å². The van der Waals surface area contributed by atoms with Crippen molar-refractivity contribution in [3.8, 4) is 0 Å². The van der Waals surface area contributed by atoms with Crippen LogP contribution < -0.4 is 0 Å². The molecule has 3 rings (SSSR count). The fourth-order valence-electron chi connectivity index (χ4n) is 5.24. The summed E-state index contributed by atoms with van der Waals surface area (Å²) in [5.74, 6) is 0. The standard InChI is InChI=1S/C32H49NO3/c1-4-6-8-9-17-23-34-32-30(36-26-28-20-14-11-15-21-28)24-29(31(32)33(3)22-16-7-5-2)35-25-27-18-12-10-13-19-27/h10-15,18-21,29-32H,4-9,16-17,22-26H2,1-3H3. The van der Waals surface area contributed by atoms with Crippen molar-refractivity contribution in [2.24, 2.45) is 0 Å². The van der Waals surface area contributed by atoms with Gasteiger partial charge in [-0.2, -0.15) is 0 Å². The predicted molar refractivity (Wildman–Crippen MR) is 149 cm³/mol. The summed E-state index contributed by atoms with van der Waals surface area (Å²) >= 11 is 0. The van der Waals surface area contributed by atoms with Crippen molar-refractivity contribution < 1.29 is 14.2 Å². The van der Waals surface area contributed by atoms with Crippen molar-refractivity contribution in [2.75, 3.05) is 20.2 Å². The molecule has 1 aliphatic rings. The van der Waals surface area contributed by atoms with Crippen LogP contribution >= 0.6 is 0 Å². The van der Waals surface area contributed by atoms with Crippen LogP contribution in [0.1, 0.15) is 82.8 Å². The monoisotopic (exact) mass is 495 g/mol. The lowest BCUT2D eigenvalue weighted by molar-refractivity contribution is -0.0898. The largest absolute Gasteiger partial charge is 0.374 e. The van der Waals surface area contributed by atoms with E-state index in [1.165, 1.54) is 56.1 Å². The molecule has 36 heavy (non-hydrogen) atoms. The van der Waals surface area contributed by atoms with E-state index in [1.807, 2.05) is 0 Å². The van der Waals surface area contributed by atoms with E-state index in [0.29, 0.717) is 13.2 Å². The molecule has 0 saturated heterocycles. The first kappa shape index (κ1) is 28.8. The van der Waals surface area contributed by atoms with E-state index < -0.39 is 0 Å². The van der Waals surface area contributed by atoms with Crippen LogP contribution in [0.4, 0.5) is 0 Å². The number of nitrogens with zero attached hydrogens (tertiary/aromatic N) is 1. The molecule has 0 aliphatic heterocycles. The first-order valence-corrected chi connectivity index (χ1v) is 14.4. The molecule has 0 aromatic heterocycles. The van der Waals surface area contributed by atoms with Crippen LogP contribution in [-0.2, 0) is 27.4 Å². The Labute approximate surface area is 220 Å². The average Bonchev–Trinajstić information content (AvgIpc) is 3.26. The van der Waals surface area contributed by atoms with E-state index in [1.54, 1.807) is 0 Å². The molecule has 0 amide bonds. The molecule has 4 heteroatoms. The maximum Gasteiger partial charge on any atom is 0.102 e. The summed E-state index contributed by atoms with van der Waals surface area (Å²) in [5, 5.41) is 0. The Kier molecular flexibility index (Phi) is 13.6. The fraction of sp³-hybridized carbons (Fsp3) is 0.625. The lowest BCUT2D eigenvalue weighted by Gasteiger charge is -2.34. The van der Waals surface area contributed by atoms with Gasteiger partial charge in [-0.1, -0.05) is 113 Å². The first-order chi connectivity index (χ1) is 17.7. The van der Waals surface area contributed by atoms with Gasteiger partial charge in [-0.3, -0.25) is 4.90 Å². The maximum absolute atomic E-state index is 6.66. The minimum atomic E-state index is 0.0206. The molecule has 1 aliphatic carbocycles. The van der Waals surface area contributed by atoms with Gasteiger partial charge in [0.15, 0.2) is 0 Å². The zero-order valence-electron chi connectivity index (χ0n) is 22.9. The Morgan fingerprint density at radius 3 is 1.83 bits per heavy atom. The highest BCUT2D eigenvalue weighted by Gasteiger charge is 2.47. The lowest BCUT2D eigenvalue weighted by atomic mass is 10.1. The van der Waals surface area contributed by atoms with Gasteiger partial charge in [0.1, 0.15) is 6.10 Å². The highest BCUT2D eigenvalue weighted by Crippen LogP contribution is 2.33. The average molecular weight is 496 g/mol. The highest BCUT2D eigenvalue weighted by molar-refractivity contribution is 5.15. The Hall–Kier alpha value is -1.72. The molecule has 2 aromatic carbocycles. The third-order valence-corrected chi connectivity index (χ3v) is 7.34. The van der Waals surface area contributed by atoms with Gasteiger partial charge in [-0.15, -0.1) is 0 Å². The molecular weight excluding hydrogens is 446 g/mol. The highest BCUT2D eigenvalue weighted by atomic mass is 16.6. The van der Waals surface area contributed by atoms with Gasteiger partial charge >= 0.3 is 0 Å². The van der Waals surface area contributed by atoms with E-state index in [9.17, 15) is 0 Å². The van der Waals surface area contributed by atoms with Crippen molar-refractivity contribution >= 4 is 0 Å². The Bertz CT molecular complexity index is 800. The smallest absolute Gasteiger partial charge is 0.102 e. The number of ether oxygens (including phenoxy) is 3. The Morgan fingerprint density at radius 2 is 1.22 bits per heavy atom. The number of rotatable bonds is 18. The van der Waals surface area contributed by atoms with Crippen molar-refractivity contribution in [1.82, 2.24) is 4.90 Å². The summed E-state index contributed by atoms with van der Waals surface area (Å²) in [7, 11) is 2.25. The quantitative estimate of drug-likeness (QED) is 0.202. The van der Waals surface area contributed by atoms with E-state index in [-0.39, 0.29) is 24.4 Å². The zero-order valence-corrected chi connectivity index (χ0v) is 22.9. The van der Waals surface area contributed by atoms with Crippen LogP contribution in [-0.4, -0.2) is 49.5 Å². The molecular formula is C32H49NO3. The summed E-state index contributed by atoms with van der Waals surface area (Å²) < 4.78 is 19.8. The SMILES string of the molecule is CCCCCCCOC1C(OCc2ccccc2)CC(OCc2ccccc2)C1N(C)CCCCC. The molecule has 4 atom stereocenters. The molecule has 1 fully saturated rings. The van der Waals surface area contributed by atoms with Gasteiger partial charge in [0, 0.05) is 13.0 Å². The van der Waals surface area contributed by atoms with Crippen molar-refractivity contribution in [3.63, 3.8) is 0 Å². The summed E-state index contributed by atoms with van der Waals surface area (Å²) in [4.78, 5) is 2.49. The lowest BCUT2D eigenvalue weighted by Crippen LogP contribution is -2.48. The normalized spacial score (nSPS) is 21.9. The predicted octanol–water partition coefficient (Wildman–Crippen LogP) is 7.41. The van der Waals surface area contributed by atoms with Gasteiger partial charge in [-0.25, -0.2) is 0 Å². The number of likely N-dealkylation sites (N-methyl/N-ethyl adjacent to an activating group) is 1. The van der Waals surface area contributed by atoms with Crippen molar-refractivity contribution in [2.45, 2.75) is 109 Å². The van der Waals surface area contributed by atoms with E-state index >= 15 is 0 Å². The molecule has 1 saturated carbocycles. The Balaban J connectivity index is 1.70. The summed E-state index contributed by atoms with van der Waals surface area (Å²) in [6, 6.07) is 21.2. The number of hydrogen-bond acceptors (Lipinski definition) is 4. The van der Waals surface area contributed by atoms with Crippen LogP contribution in [0, 0.1) is 0 Å². The molecule has 2 aromatic rings. The molecule has 0 radical (unpaired) electrons. The van der Waals surface area contributed by atoms with E-state index in [4.69, 9.17) is 14.2 Å².